The van der Waals surface area contributed by atoms with Gasteiger partial charge < -0.3 is 10.4 Å². The average Bonchev–Trinajstić information content (AvgIpc) is 2.44. The summed E-state index contributed by atoms with van der Waals surface area (Å²) in [6.45, 7) is 3.28. The summed E-state index contributed by atoms with van der Waals surface area (Å²) in [5.74, 6) is -5.08. The second-order valence-electron chi connectivity index (χ2n) is 5.56. The summed E-state index contributed by atoms with van der Waals surface area (Å²) in [4.78, 5) is 22.0. The Balaban J connectivity index is 2.84. The number of sulfone groups is 1. The largest absolute Gasteiger partial charge is 0.481 e. The van der Waals surface area contributed by atoms with Gasteiger partial charge in [0.25, 0.3) is 5.91 Å². The van der Waals surface area contributed by atoms with Gasteiger partial charge in [-0.05, 0) is 44.5 Å². The molecule has 2 N–H and O–H groups in total. The Morgan fingerprint density at radius 1 is 1.22 bits per heavy atom. The minimum atomic E-state index is -4.70. The summed E-state index contributed by atoms with van der Waals surface area (Å²) in [7, 11) is -4.70. The van der Waals surface area contributed by atoms with Crippen LogP contribution in [0.5, 0.6) is 0 Å². The van der Waals surface area contributed by atoms with Crippen molar-refractivity contribution in [1.82, 2.24) is 5.32 Å². The van der Waals surface area contributed by atoms with Crippen LogP contribution in [0.3, 0.4) is 0 Å². The zero-order valence-electron chi connectivity index (χ0n) is 12.5. The number of amides is 1. The van der Waals surface area contributed by atoms with Crippen molar-refractivity contribution in [3.8, 4) is 0 Å². The molecule has 0 aromatic heterocycles. The van der Waals surface area contributed by atoms with Crippen LogP contribution in [0.1, 0.15) is 37.0 Å². The lowest BCUT2D eigenvalue weighted by Crippen LogP contribution is -2.43. The standard InChI is InChI=1S/C14H17F2NO5S/c1-14(2,8-7-11(18)19)17-12(20)9-3-5-10(6-4-9)23(21,22)13(15)16/h3-6,13H,7-8H2,1-2H3,(H,17,20)(H,18,19). The molecule has 0 heterocycles. The van der Waals surface area contributed by atoms with E-state index in [1.807, 2.05) is 0 Å². The van der Waals surface area contributed by atoms with Gasteiger partial charge in [0.15, 0.2) is 0 Å². The van der Waals surface area contributed by atoms with Gasteiger partial charge in [-0.1, -0.05) is 0 Å². The molecule has 1 amide bonds. The van der Waals surface area contributed by atoms with Gasteiger partial charge in [0, 0.05) is 17.5 Å². The Bertz CT molecular complexity index is 684. The molecular weight excluding hydrogens is 332 g/mol. The molecule has 0 saturated carbocycles. The van der Waals surface area contributed by atoms with Crippen LogP contribution < -0.4 is 5.32 Å². The highest BCUT2D eigenvalue weighted by atomic mass is 32.2. The number of carbonyl (C=O) groups excluding carboxylic acids is 1. The topological polar surface area (TPSA) is 101 Å². The van der Waals surface area contributed by atoms with Crippen LogP contribution in [0, 0.1) is 0 Å². The van der Waals surface area contributed by atoms with Crippen molar-refractivity contribution >= 4 is 21.7 Å². The first kappa shape index (κ1) is 19.0. The van der Waals surface area contributed by atoms with E-state index in [0.717, 1.165) is 24.3 Å². The highest BCUT2D eigenvalue weighted by Gasteiger charge is 2.27. The molecule has 0 atom stereocenters. The van der Waals surface area contributed by atoms with Gasteiger partial charge in [0.2, 0.25) is 9.84 Å². The highest BCUT2D eigenvalue weighted by Crippen LogP contribution is 2.19. The molecule has 0 fully saturated rings. The monoisotopic (exact) mass is 349 g/mol. The second kappa shape index (κ2) is 7.03. The summed E-state index contributed by atoms with van der Waals surface area (Å²) < 4.78 is 47.4. The van der Waals surface area contributed by atoms with E-state index in [1.165, 1.54) is 0 Å². The van der Waals surface area contributed by atoms with Crippen LogP contribution in [-0.2, 0) is 14.6 Å². The second-order valence-corrected chi connectivity index (χ2v) is 7.48. The number of nitrogens with one attached hydrogen (secondary N) is 1. The molecule has 1 rings (SSSR count). The Morgan fingerprint density at radius 3 is 2.17 bits per heavy atom. The lowest BCUT2D eigenvalue weighted by atomic mass is 9.98. The summed E-state index contributed by atoms with van der Waals surface area (Å²) in [5, 5.41) is 11.3. The molecule has 0 aliphatic heterocycles. The van der Waals surface area contributed by atoms with E-state index < -0.39 is 37.9 Å². The first-order valence-corrected chi connectivity index (χ1v) is 8.17. The lowest BCUT2D eigenvalue weighted by molar-refractivity contribution is -0.137. The van der Waals surface area contributed by atoms with Crippen molar-refractivity contribution in [1.29, 1.82) is 0 Å². The molecule has 1 aromatic carbocycles. The zero-order valence-corrected chi connectivity index (χ0v) is 13.4. The van der Waals surface area contributed by atoms with E-state index in [4.69, 9.17) is 5.11 Å². The quantitative estimate of drug-likeness (QED) is 0.785. The highest BCUT2D eigenvalue weighted by molar-refractivity contribution is 7.91. The summed E-state index contributed by atoms with van der Waals surface area (Å²) in [5.41, 5.74) is -0.704. The summed E-state index contributed by atoms with van der Waals surface area (Å²) >= 11 is 0. The van der Waals surface area contributed by atoms with Gasteiger partial charge in [0.1, 0.15) is 0 Å². The predicted molar refractivity (Wildman–Crippen MR) is 78.0 cm³/mol. The smallest absolute Gasteiger partial charge is 0.341 e. The number of carboxylic acid groups (broad SMARTS) is 1. The Morgan fingerprint density at radius 2 is 1.74 bits per heavy atom. The minimum Gasteiger partial charge on any atom is -0.481 e. The maximum absolute atomic E-state index is 12.4. The van der Waals surface area contributed by atoms with Crippen molar-refractivity contribution in [2.75, 3.05) is 0 Å². The molecule has 0 unspecified atom stereocenters. The van der Waals surface area contributed by atoms with Gasteiger partial charge in [-0.15, -0.1) is 0 Å². The fraction of sp³-hybridized carbons (Fsp3) is 0.429. The van der Waals surface area contributed by atoms with Gasteiger partial charge in [-0.2, -0.15) is 8.78 Å². The molecular formula is C14H17F2NO5S. The third-order valence-electron chi connectivity index (χ3n) is 3.10. The fourth-order valence-corrected chi connectivity index (χ4v) is 2.48. The molecule has 6 nitrogen and oxygen atoms in total. The lowest BCUT2D eigenvalue weighted by Gasteiger charge is -2.25. The number of hydrogen-bond acceptors (Lipinski definition) is 4. The molecule has 0 spiro atoms. The Kier molecular flexibility index (Phi) is 5.81. The Labute approximate surface area is 132 Å². The number of carbonyl (C=O) groups is 2. The number of rotatable bonds is 7. The zero-order chi connectivity index (χ0) is 17.8. The number of aliphatic carboxylic acids is 1. The van der Waals surface area contributed by atoms with Gasteiger partial charge in [0.05, 0.1) is 4.90 Å². The van der Waals surface area contributed by atoms with Crippen LogP contribution in [0.2, 0.25) is 0 Å². The fourth-order valence-electron chi connectivity index (χ4n) is 1.76. The van der Waals surface area contributed by atoms with Crippen LogP contribution in [0.4, 0.5) is 8.78 Å². The van der Waals surface area contributed by atoms with E-state index in [0.29, 0.717) is 0 Å². The van der Waals surface area contributed by atoms with Crippen molar-refractivity contribution in [2.24, 2.45) is 0 Å². The van der Waals surface area contributed by atoms with E-state index in [1.54, 1.807) is 13.8 Å². The molecule has 0 radical (unpaired) electrons. The molecule has 0 aliphatic carbocycles. The number of benzene rings is 1. The first-order valence-electron chi connectivity index (χ1n) is 6.62. The number of halogens is 2. The molecule has 23 heavy (non-hydrogen) atoms. The molecule has 0 saturated heterocycles. The van der Waals surface area contributed by atoms with Gasteiger partial charge in [-0.3, -0.25) is 9.59 Å². The predicted octanol–water partition coefficient (Wildman–Crippen LogP) is 2.06. The van der Waals surface area contributed by atoms with Crippen LogP contribution in [0.15, 0.2) is 29.2 Å². The van der Waals surface area contributed by atoms with Crippen molar-refractivity contribution in [3.63, 3.8) is 0 Å². The average molecular weight is 349 g/mol. The van der Waals surface area contributed by atoms with E-state index in [9.17, 15) is 26.8 Å². The third kappa shape index (κ3) is 5.27. The number of alkyl halides is 2. The van der Waals surface area contributed by atoms with Crippen LogP contribution >= 0.6 is 0 Å². The van der Waals surface area contributed by atoms with Crippen LogP contribution in [-0.4, -0.2) is 36.7 Å². The minimum absolute atomic E-state index is 0.0848. The number of carboxylic acids is 1. The SMILES string of the molecule is CC(C)(CCC(=O)O)NC(=O)c1ccc(S(=O)(=O)C(F)F)cc1. The summed E-state index contributed by atoms with van der Waals surface area (Å²) in [6.07, 6.45) is 0.0742. The van der Waals surface area contributed by atoms with Crippen molar-refractivity contribution in [3.05, 3.63) is 29.8 Å². The molecule has 128 valence electrons. The third-order valence-corrected chi connectivity index (χ3v) is 4.49. The van der Waals surface area contributed by atoms with E-state index in [-0.39, 0.29) is 18.4 Å². The number of hydrogen-bond donors (Lipinski definition) is 2. The molecule has 1 aromatic rings. The molecule has 0 aliphatic rings. The van der Waals surface area contributed by atoms with Gasteiger partial charge in [-0.25, -0.2) is 8.42 Å². The van der Waals surface area contributed by atoms with E-state index in [2.05, 4.69) is 5.32 Å². The van der Waals surface area contributed by atoms with Gasteiger partial charge >= 0.3 is 11.7 Å². The van der Waals surface area contributed by atoms with E-state index >= 15 is 0 Å². The molecule has 0 bridgehead atoms. The maximum atomic E-state index is 12.4. The van der Waals surface area contributed by atoms with Crippen LogP contribution in [0.25, 0.3) is 0 Å². The summed E-state index contributed by atoms with van der Waals surface area (Å²) in [6, 6.07) is 4.11. The van der Waals surface area contributed by atoms with Crippen molar-refractivity contribution < 1.29 is 31.9 Å². The first-order chi connectivity index (χ1) is 10.5. The Hall–Kier alpha value is -2.03. The van der Waals surface area contributed by atoms with Crippen molar-refractivity contribution in [2.45, 2.75) is 42.9 Å². The normalized spacial score (nSPS) is 12.2. The maximum Gasteiger partial charge on any atom is 0.341 e. The molecule has 9 heteroatoms.